The third-order valence-electron chi connectivity index (χ3n) is 2.98. The van der Waals surface area contributed by atoms with Crippen LogP contribution in [-0.4, -0.2) is 26.7 Å². The first-order chi connectivity index (χ1) is 8.70. The summed E-state index contributed by atoms with van der Waals surface area (Å²) in [6.45, 7) is 5.39. The van der Waals surface area contributed by atoms with Crippen molar-refractivity contribution in [2.45, 2.75) is 26.9 Å². The normalized spacial score (nSPS) is 10.6. The van der Waals surface area contributed by atoms with Crippen LogP contribution >= 0.6 is 0 Å². The first-order valence-corrected chi connectivity index (χ1v) is 6.00. The molecule has 1 aromatic heterocycles. The second kappa shape index (κ2) is 5.64. The Morgan fingerprint density at radius 1 is 1.33 bits per heavy atom. The summed E-state index contributed by atoms with van der Waals surface area (Å²) in [6, 6.07) is 6.19. The maximum absolute atomic E-state index is 8.80. The first kappa shape index (κ1) is 12.6. The molecular weight excluding hydrogens is 228 g/mol. The summed E-state index contributed by atoms with van der Waals surface area (Å²) >= 11 is 0. The Labute approximate surface area is 106 Å². The van der Waals surface area contributed by atoms with E-state index in [-0.39, 0.29) is 6.61 Å². The quantitative estimate of drug-likeness (QED) is 0.839. The number of hydrogen-bond acceptors (Lipinski definition) is 4. The highest BCUT2D eigenvalue weighted by atomic mass is 16.3. The maximum atomic E-state index is 8.80. The third kappa shape index (κ3) is 2.87. The molecule has 0 aliphatic carbocycles. The van der Waals surface area contributed by atoms with Gasteiger partial charge in [-0.2, -0.15) is 0 Å². The number of aliphatic hydroxyl groups is 1. The van der Waals surface area contributed by atoms with E-state index in [9.17, 15) is 0 Å². The zero-order valence-corrected chi connectivity index (χ0v) is 10.7. The van der Waals surface area contributed by atoms with Crippen LogP contribution in [0.2, 0.25) is 0 Å². The first-order valence-electron chi connectivity index (χ1n) is 6.00. The number of benzene rings is 1. The average Bonchev–Trinajstić information content (AvgIpc) is 2.79. The predicted molar refractivity (Wildman–Crippen MR) is 70.4 cm³/mol. The molecule has 0 atom stereocenters. The summed E-state index contributed by atoms with van der Waals surface area (Å²) in [5.41, 5.74) is 4.50. The Morgan fingerprint density at radius 2 is 2.17 bits per heavy atom. The minimum atomic E-state index is 0.0766. The van der Waals surface area contributed by atoms with Crippen molar-refractivity contribution in [1.82, 2.24) is 15.0 Å². The van der Waals surface area contributed by atoms with Crippen LogP contribution in [0.1, 0.15) is 16.8 Å². The fourth-order valence-electron chi connectivity index (χ4n) is 1.76. The number of rotatable bonds is 5. The van der Waals surface area contributed by atoms with Crippen molar-refractivity contribution in [3.05, 3.63) is 41.2 Å². The lowest BCUT2D eigenvalue weighted by Gasteiger charge is -2.09. The molecule has 0 amide bonds. The second-order valence-corrected chi connectivity index (χ2v) is 4.30. The summed E-state index contributed by atoms with van der Waals surface area (Å²) in [5, 5.41) is 20.1. The minimum Gasteiger partial charge on any atom is -0.394 e. The zero-order chi connectivity index (χ0) is 13.0. The van der Waals surface area contributed by atoms with E-state index < -0.39 is 0 Å². The molecule has 18 heavy (non-hydrogen) atoms. The smallest absolute Gasteiger partial charge is 0.102 e. The second-order valence-electron chi connectivity index (χ2n) is 4.30. The van der Waals surface area contributed by atoms with Crippen LogP contribution in [0.25, 0.3) is 0 Å². The van der Waals surface area contributed by atoms with Gasteiger partial charge in [-0.25, -0.2) is 4.68 Å². The summed E-state index contributed by atoms with van der Waals surface area (Å²) < 4.78 is 1.64. The molecule has 0 aliphatic heterocycles. The highest BCUT2D eigenvalue weighted by Gasteiger charge is 2.03. The van der Waals surface area contributed by atoms with Gasteiger partial charge in [-0.15, -0.1) is 5.10 Å². The van der Waals surface area contributed by atoms with Gasteiger partial charge in [0, 0.05) is 5.69 Å². The van der Waals surface area contributed by atoms with Crippen molar-refractivity contribution in [1.29, 1.82) is 0 Å². The number of nitrogens with one attached hydrogen (secondary N) is 1. The fourth-order valence-corrected chi connectivity index (χ4v) is 1.76. The van der Waals surface area contributed by atoms with E-state index in [4.69, 9.17) is 5.11 Å². The van der Waals surface area contributed by atoms with Crippen LogP contribution in [0.15, 0.2) is 24.4 Å². The van der Waals surface area contributed by atoms with Crippen molar-refractivity contribution >= 4 is 5.69 Å². The number of anilines is 1. The molecule has 2 N–H and O–H groups in total. The van der Waals surface area contributed by atoms with E-state index in [0.29, 0.717) is 13.1 Å². The molecule has 96 valence electrons. The number of aliphatic hydroxyl groups excluding tert-OH is 1. The van der Waals surface area contributed by atoms with E-state index in [1.165, 1.54) is 11.1 Å². The standard InChI is InChI=1S/C13H18N4O/c1-10-4-3-5-13(11(10)2)14-8-12-9-17(6-7-18)16-15-12/h3-5,9,14,18H,6-8H2,1-2H3. The van der Waals surface area contributed by atoms with Crippen molar-refractivity contribution < 1.29 is 5.11 Å². The third-order valence-corrected chi connectivity index (χ3v) is 2.98. The van der Waals surface area contributed by atoms with Crippen molar-refractivity contribution in [3.8, 4) is 0 Å². The Kier molecular flexibility index (Phi) is 3.94. The number of aromatic nitrogens is 3. The maximum Gasteiger partial charge on any atom is 0.102 e. The molecule has 5 heteroatoms. The molecule has 0 saturated heterocycles. The van der Waals surface area contributed by atoms with Crippen molar-refractivity contribution in [3.63, 3.8) is 0 Å². The Morgan fingerprint density at radius 3 is 2.94 bits per heavy atom. The monoisotopic (exact) mass is 246 g/mol. The molecule has 2 rings (SSSR count). The lowest BCUT2D eigenvalue weighted by molar-refractivity contribution is 0.268. The van der Waals surface area contributed by atoms with Crippen LogP contribution in [0.5, 0.6) is 0 Å². The molecule has 0 saturated carbocycles. The Bertz CT molecular complexity index is 521. The summed E-state index contributed by atoms with van der Waals surface area (Å²) in [7, 11) is 0. The van der Waals surface area contributed by atoms with Crippen molar-refractivity contribution in [2.24, 2.45) is 0 Å². The highest BCUT2D eigenvalue weighted by molar-refractivity contribution is 5.53. The van der Waals surface area contributed by atoms with Gasteiger partial charge in [0.25, 0.3) is 0 Å². The number of aryl methyl sites for hydroxylation is 1. The van der Waals surface area contributed by atoms with Crippen LogP contribution in [0.3, 0.4) is 0 Å². The molecule has 0 bridgehead atoms. The Hall–Kier alpha value is -1.88. The largest absolute Gasteiger partial charge is 0.394 e. The molecular formula is C13H18N4O. The topological polar surface area (TPSA) is 63.0 Å². The van der Waals surface area contributed by atoms with Gasteiger partial charge in [0.15, 0.2) is 0 Å². The molecule has 0 fully saturated rings. The SMILES string of the molecule is Cc1cccc(NCc2cn(CCO)nn2)c1C. The summed E-state index contributed by atoms with van der Waals surface area (Å²) in [4.78, 5) is 0. The average molecular weight is 246 g/mol. The lowest BCUT2D eigenvalue weighted by atomic mass is 10.1. The molecule has 1 heterocycles. The van der Waals surface area contributed by atoms with Gasteiger partial charge in [0.1, 0.15) is 5.69 Å². The fraction of sp³-hybridized carbons (Fsp3) is 0.385. The van der Waals surface area contributed by atoms with Gasteiger partial charge < -0.3 is 10.4 Å². The molecule has 1 aromatic carbocycles. The van der Waals surface area contributed by atoms with Gasteiger partial charge in [0.05, 0.1) is 25.9 Å². The van der Waals surface area contributed by atoms with Gasteiger partial charge in [-0.1, -0.05) is 17.3 Å². The molecule has 0 radical (unpaired) electrons. The van der Waals surface area contributed by atoms with Crippen LogP contribution in [0.4, 0.5) is 5.69 Å². The van der Waals surface area contributed by atoms with E-state index in [1.54, 1.807) is 4.68 Å². The minimum absolute atomic E-state index is 0.0766. The number of hydrogen-bond donors (Lipinski definition) is 2. The highest BCUT2D eigenvalue weighted by Crippen LogP contribution is 2.18. The van der Waals surface area contributed by atoms with E-state index in [0.717, 1.165) is 11.4 Å². The molecule has 2 aromatic rings. The van der Waals surface area contributed by atoms with Crippen molar-refractivity contribution in [2.75, 3.05) is 11.9 Å². The Balaban J connectivity index is 2.00. The number of nitrogens with zero attached hydrogens (tertiary/aromatic N) is 3. The molecule has 5 nitrogen and oxygen atoms in total. The zero-order valence-electron chi connectivity index (χ0n) is 10.7. The molecule has 0 spiro atoms. The predicted octanol–water partition coefficient (Wildman–Crippen LogP) is 1.50. The summed E-state index contributed by atoms with van der Waals surface area (Å²) in [5.74, 6) is 0. The molecule has 0 unspecified atom stereocenters. The van der Waals surface area contributed by atoms with E-state index in [2.05, 4.69) is 41.6 Å². The summed E-state index contributed by atoms with van der Waals surface area (Å²) in [6.07, 6.45) is 1.84. The van der Waals surface area contributed by atoms with Crippen LogP contribution < -0.4 is 5.32 Å². The van der Waals surface area contributed by atoms with E-state index >= 15 is 0 Å². The van der Waals surface area contributed by atoms with Crippen LogP contribution in [0, 0.1) is 13.8 Å². The van der Waals surface area contributed by atoms with Gasteiger partial charge in [0.2, 0.25) is 0 Å². The van der Waals surface area contributed by atoms with Gasteiger partial charge in [-0.05, 0) is 31.0 Å². The lowest BCUT2D eigenvalue weighted by Crippen LogP contribution is -2.03. The van der Waals surface area contributed by atoms with Crippen LogP contribution in [-0.2, 0) is 13.1 Å². The van der Waals surface area contributed by atoms with Gasteiger partial charge in [-0.3, -0.25) is 0 Å². The van der Waals surface area contributed by atoms with Gasteiger partial charge >= 0.3 is 0 Å². The molecule has 0 aliphatic rings. The van der Waals surface area contributed by atoms with E-state index in [1.807, 2.05) is 12.3 Å².